The topological polar surface area (TPSA) is 46.0 Å². The van der Waals surface area contributed by atoms with Crippen LogP contribution in [0.25, 0.3) is 0 Å². The molecule has 0 bridgehead atoms. The Balaban J connectivity index is 1.82. The Morgan fingerprint density at radius 2 is 2.21 bits per heavy atom. The summed E-state index contributed by atoms with van der Waals surface area (Å²) in [4.78, 5) is 2.52. The number of nitrogens with one attached hydrogen (secondary N) is 1. The van der Waals surface area contributed by atoms with Gasteiger partial charge in [0.15, 0.2) is 0 Å². The van der Waals surface area contributed by atoms with E-state index in [0.717, 1.165) is 37.2 Å². The molecule has 0 aliphatic carbocycles. The van der Waals surface area contributed by atoms with Gasteiger partial charge in [0, 0.05) is 13.6 Å². The number of rotatable bonds is 6. The highest BCUT2D eigenvalue weighted by Gasteiger charge is 2.21. The number of likely N-dealkylation sites (tertiary alicyclic amines) is 1. The van der Waals surface area contributed by atoms with Gasteiger partial charge in [0.2, 0.25) is 0 Å². The summed E-state index contributed by atoms with van der Waals surface area (Å²) in [7, 11) is 2.05. The van der Waals surface area contributed by atoms with Crippen LogP contribution in [0.2, 0.25) is 0 Å². The van der Waals surface area contributed by atoms with Gasteiger partial charge in [-0.05, 0) is 51.7 Å². The number of hydrogen-bond donors (Lipinski definition) is 1. The number of nitrogens with zero attached hydrogens (tertiary/aromatic N) is 4. The maximum absolute atomic E-state index is 4.27. The quantitative estimate of drug-likeness (QED) is 0.788. The second-order valence-electron chi connectivity index (χ2n) is 5.67. The van der Waals surface area contributed by atoms with Gasteiger partial charge in [0.1, 0.15) is 11.6 Å². The lowest BCUT2D eigenvalue weighted by molar-refractivity contribution is 0.160. The van der Waals surface area contributed by atoms with Crippen molar-refractivity contribution in [2.75, 3.05) is 26.2 Å². The fourth-order valence-electron chi connectivity index (χ4n) is 2.73. The zero-order valence-corrected chi connectivity index (χ0v) is 12.5. The van der Waals surface area contributed by atoms with Gasteiger partial charge in [0.05, 0.1) is 6.54 Å². The van der Waals surface area contributed by atoms with Crippen LogP contribution in [0.3, 0.4) is 0 Å². The van der Waals surface area contributed by atoms with Gasteiger partial charge in [-0.15, -0.1) is 10.2 Å². The third-order valence-electron chi connectivity index (χ3n) is 4.01. The molecule has 5 heteroatoms. The maximum Gasteiger partial charge on any atom is 0.146 e. The number of aromatic nitrogens is 3. The molecule has 0 spiro atoms. The molecule has 5 nitrogen and oxygen atoms in total. The zero-order chi connectivity index (χ0) is 13.7. The van der Waals surface area contributed by atoms with E-state index in [2.05, 4.69) is 39.0 Å². The van der Waals surface area contributed by atoms with Crippen molar-refractivity contribution in [2.45, 2.75) is 39.7 Å². The molecule has 1 atom stereocenters. The largest absolute Gasteiger partial charge is 0.317 e. The number of aryl methyl sites for hydroxylation is 1. The number of piperidine rings is 1. The van der Waals surface area contributed by atoms with E-state index in [-0.39, 0.29) is 0 Å². The first-order valence-electron chi connectivity index (χ1n) is 7.48. The van der Waals surface area contributed by atoms with Crippen LogP contribution in [0, 0.1) is 12.8 Å². The Kier molecular flexibility index (Phi) is 5.34. The van der Waals surface area contributed by atoms with Crippen molar-refractivity contribution in [3.8, 4) is 0 Å². The Morgan fingerprint density at radius 3 is 2.89 bits per heavy atom. The molecule has 108 valence electrons. The molecule has 0 radical (unpaired) electrons. The molecule has 1 fully saturated rings. The highest BCUT2D eigenvalue weighted by atomic mass is 15.3. The van der Waals surface area contributed by atoms with E-state index in [0.29, 0.717) is 0 Å². The summed E-state index contributed by atoms with van der Waals surface area (Å²) in [6.07, 6.45) is 3.87. The predicted molar refractivity (Wildman–Crippen MR) is 76.9 cm³/mol. The van der Waals surface area contributed by atoms with Crippen LogP contribution in [0.1, 0.15) is 37.8 Å². The summed E-state index contributed by atoms with van der Waals surface area (Å²) in [5.74, 6) is 2.86. The molecule has 1 aliphatic heterocycles. The molecule has 0 aromatic carbocycles. The summed E-state index contributed by atoms with van der Waals surface area (Å²) in [6.45, 7) is 9.82. The van der Waals surface area contributed by atoms with Crippen molar-refractivity contribution < 1.29 is 0 Å². The molecule has 1 aliphatic rings. The lowest BCUT2D eigenvalue weighted by Crippen LogP contribution is -2.39. The first-order valence-corrected chi connectivity index (χ1v) is 7.48. The van der Waals surface area contributed by atoms with Crippen molar-refractivity contribution in [1.29, 1.82) is 0 Å². The van der Waals surface area contributed by atoms with Gasteiger partial charge in [-0.25, -0.2) is 0 Å². The van der Waals surface area contributed by atoms with Crippen molar-refractivity contribution >= 4 is 0 Å². The average Bonchev–Trinajstić information content (AvgIpc) is 2.72. The molecule has 2 heterocycles. The van der Waals surface area contributed by atoms with E-state index in [9.17, 15) is 0 Å². The minimum atomic E-state index is 0.787. The normalized spacial score (nSPS) is 20.9. The molecule has 1 N–H and O–H groups in total. The van der Waals surface area contributed by atoms with Crippen LogP contribution in [0.5, 0.6) is 0 Å². The third-order valence-corrected chi connectivity index (χ3v) is 4.01. The second kappa shape index (κ2) is 7.01. The fourth-order valence-corrected chi connectivity index (χ4v) is 2.73. The lowest BCUT2D eigenvalue weighted by Gasteiger charge is -2.32. The van der Waals surface area contributed by atoms with Crippen molar-refractivity contribution in [3.63, 3.8) is 0 Å². The summed E-state index contributed by atoms with van der Waals surface area (Å²) >= 11 is 0. The van der Waals surface area contributed by atoms with Crippen LogP contribution in [0.4, 0.5) is 0 Å². The SMILES string of the molecule is CCCNCC1CCCN(Cc2nnc(C)n2C)C1. The Hall–Kier alpha value is -0.940. The molecular formula is C14H27N5. The lowest BCUT2D eigenvalue weighted by atomic mass is 9.98. The molecule has 2 rings (SSSR count). The fraction of sp³-hybridized carbons (Fsp3) is 0.857. The Morgan fingerprint density at radius 1 is 1.37 bits per heavy atom. The Bertz CT molecular complexity index is 387. The average molecular weight is 265 g/mol. The molecule has 0 saturated carbocycles. The minimum Gasteiger partial charge on any atom is -0.317 e. The zero-order valence-electron chi connectivity index (χ0n) is 12.5. The van der Waals surface area contributed by atoms with Gasteiger partial charge in [-0.1, -0.05) is 6.92 Å². The molecule has 1 aromatic rings. The summed E-state index contributed by atoms with van der Waals surface area (Å²) < 4.78 is 2.10. The maximum atomic E-state index is 4.27. The standard InChI is InChI=1S/C14H27N5/c1-4-7-15-9-13-6-5-8-19(10-13)11-14-17-16-12(2)18(14)3/h13,15H,4-11H2,1-3H3. The highest BCUT2D eigenvalue weighted by molar-refractivity contribution is 4.93. The van der Waals surface area contributed by atoms with Gasteiger partial charge in [-0.3, -0.25) is 4.90 Å². The Labute approximate surface area is 116 Å². The smallest absolute Gasteiger partial charge is 0.146 e. The van der Waals surface area contributed by atoms with Gasteiger partial charge in [-0.2, -0.15) is 0 Å². The first kappa shape index (κ1) is 14.5. The van der Waals surface area contributed by atoms with Gasteiger partial charge >= 0.3 is 0 Å². The van der Waals surface area contributed by atoms with Crippen LogP contribution in [0.15, 0.2) is 0 Å². The molecule has 1 aromatic heterocycles. The van der Waals surface area contributed by atoms with Gasteiger partial charge in [0.25, 0.3) is 0 Å². The van der Waals surface area contributed by atoms with Crippen LogP contribution >= 0.6 is 0 Å². The van der Waals surface area contributed by atoms with E-state index in [1.165, 1.54) is 32.4 Å². The second-order valence-corrected chi connectivity index (χ2v) is 5.67. The van der Waals surface area contributed by atoms with Crippen LogP contribution in [-0.2, 0) is 13.6 Å². The van der Waals surface area contributed by atoms with E-state index < -0.39 is 0 Å². The summed E-state index contributed by atoms with van der Waals surface area (Å²) in [5, 5.41) is 11.9. The molecule has 1 unspecified atom stereocenters. The van der Waals surface area contributed by atoms with Crippen LogP contribution < -0.4 is 5.32 Å². The van der Waals surface area contributed by atoms with E-state index in [4.69, 9.17) is 0 Å². The minimum absolute atomic E-state index is 0.787. The monoisotopic (exact) mass is 265 g/mol. The first-order chi connectivity index (χ1) is 9.20. The molecule has 1 saturated heterocycles. The molecular weight excluding hydrogens is 238 g/mol. The van der Waals surface area contributed by atoms with Crippen molar-refractivity contribution in [3.05, 3.63) is 11.6 Å². The predicted octanol–water partition coefficient (Wildman–Crippen LogP) is 1.34. The van der Waals surface area contributed by atoms with E-state index >= 15 is 0 Å². The van der Waals surface area contributed by atoms with Crippen LogP contribution in [-0.4, -0.2) is 45.8 Å². The van der Waals surface area contributed by atoms with Crippen molar-refractivity contribution in [2.24, 2.45) is 13.0 Å². The van der Waals surface area contributed by atoms with Crippen molar-refractivity contribution in [1.82, 2.24) is 25.0 Å². The van der Waals surface area contributed by atoms with E-state index in [1.807, 2.05) is 6.92 Å². The number of hydrogen-bond acceptors (Lipinski definition) is 4. The van der Waals surface area contributed by atoms with Gasteiger partial charge < -0.3 is 9.88 Å². The van der Waals surface area contributed by atoms with E-state index in [1.54, 1.807) is 0 Å². The molecule has 0 amide bonds. The third kappa shape index (κ3) is 4.01. The summed E-state index contributed by atoms with van der Waals surface area (Å²) in [6, 6.07) is 0. The highest BCUT2D eigenvalue weighted by Crippen LogP contribution is 2.17. The summed E-state index contributed by atoms with van der Waals surface area (Å²) in [5.41, 5.74) is 0. The molecule has 19 heavy (non-hydrogen) atoms.